The monoisotopic (exact) mass is 237 g/mol. The fourth-order valence-corrected chi connectivity index (χ4v) is 1.57. The van der Waals surface area contributed by atoms with Crippen LogP contribution < -0.4 is 5.32 Å². The zero-order chi connectivity index (χ0) is 12.9. The van der Waals surface area contributed by atoms with E-state index in [0.717, 1.165) is 5.56 Å². The van der Waals surface area contributed by atoms with Crippen molar-refractivity contribution in [2.45, 2.75) is 38.3 Å². The quantitative estimate of drug-likeness (QED) is 0.705. The zero-order valence-electron chi connectivity index (χ0n) is 10.9. The summed E-state index contributed by atoms with van der Waals surface area (Å²) < 4.78 is 0. The molecule has 0 aliphatic heterocycles. The van der Waals surface area contributed by atoms with Gasteiger partial charge in [0, 0.05) is 6.54 Å². The van der Waals surface area contributed by atoms with Crippen LogP contribution in [0.15, 0.2) is 30.3 Å². The second kappa shape index (κ2) is 5.63. The summed E-state index contributed by atoms with van der Waals surface area (Å²) in [4.78, 5) is 0. The number of benzene rings is 1. The maximum absolute atomic E-state index is 9.98. The molecule has 2 atom stereocenters. The minimum absolute atomic E-state index is 0.00317. The smallest absolute Gasteiger partial charge is 0.0741 e. The van der Waals surface area contributed by atoms with Crippen molar-refractivity contribution >= 4 is 0 Å². The van der Waals surface area contributed by atoms with Gasteiger partial charge < -0.3 is 15.5 Å². The van der Waals surface area contributed by atoms with Gasteiger partial charge in [0.2, 0.25) is 0 Å². The largest absolute Gasteiger partial charge is 0.394 e. The predicted molar refractivity (Wildman–Crippen MR) is 69.8 cm³/mol. The van der Waals surface area contributed by atoms with Gasteiger partial charge in [-0.1, -0.05) is 37.3 Å². The molecule has 96 valence electrons. The second-order valence-corrected chi connectivity index (χ2v) is 5.06. The first-order valence-corrected chi connectivity index (χ1v) is 6.07. The fourth-order valence-electron chi connectivity index (χ4n) is 1.57. The highest BCUT2D eigenvalue weighted by Gasteiger charge is 2.28. The first-order chi connectivity index (χ1) is 7.93. The van der Waals surface area contributed by atoms with Crippen LogP contribution in [0.25, 0.3) is 0 Å². The van der Waals surface area contributed by atoms with Crippen LogP contribution >= 0.6 is 0 Å². The number of aliphatic hydroxyl groups is 2. The Morgan fingerprint density at radius 1 is 1.18 bits per heavy atom. The molecule has 1 rings (SSSR count). The summed E-state index contributed by atoms with van der Waals surface area (Å²) in [5.74, 6) is 0. The molecule has 0 heterocycles. The van der Waals surface area contributed by atoms with Crippen LogP contribution in [-0.4, -0.2) is 29.0 Å². The third kappa shape index (κ3) is 3.80. The van der Waals surface area contributed by atoms with Gasteiger partial charge >= 0.3 is 0 Å². The lowest BCUT2D eigenvalue weighted by atomic mass is 9.91. The molecule has 0 bridgehead atoms. The minimum atomic E-state index is -0.745. The summed E-state index contributed by atoms with van der Waals surface area (Å²) in [6, 6.07) is 9.79. The summed E-state index contributed by atoms with van der Waals surface area (Å²) in [7, 11) is 0. The van der Waals surface area contributed by atoms with E-state index in [1.807, 2.05) is 44.2 Å². The maximum atomic E-state index is 9.98. The van der Waals surface area contributed by atoms with Crippen molar-refractivity contribution in [2.75, 3.05) is 13.2 Å². The minimum Gasteiger partial charge on any atom is -0.394 e. The highest BCUT2D eigenvalue weighted by molar-refractivity contribution is 5.23. The number of aliphatic hydroxyl groups excluding tert-OH is 1. The topological polar surface area (TPSA) is 52.5 Å². The summed E-state index contributed by atoms with van der Waals surface area (Å²) in [6.45, 7) is 6.13. The van der Waals surface area contributed by atoms with Gasteiger partial charge in [0.1, 0.15) is 0 Å². The molecule has 0 saturated heterocycles. The average molecular weight is 237 g/mol. The molecule has 17 heavy (non-hydrogen) atoms. The van der Waals surface area contributed by atoms with Crippen molar-refractivity contribution in [1.29, 1.82) is 0 Å². The van der Waals surface area contributed by atoms with Crippen molar-refractivity contribution in [1.82, 2.24) is 5.32 Å². The van der Waals surface area contributed by atoms with Gasteiger partial charge in [-0.3, -0.25) is 0 Å². The van der Waals surface area contributed by atoms with Crippen molar-refractivity contribution in [3.05, 3.63) is 35.9 Å². The van der Waals surface area contributed by atoms with Gasteiger partial charge in [-0.2, -0.15) is 0 Å². The molecule has 0 aromatic heterocycles. The molecular formula is C14H23NO2. The zero-order valence-corrected chi connectivity index (χ0v) is 10.9. The van der Waals surface area contributed by atoms with Gasteiger partial charge in [0.25, 0.3) is 0 Å². The number of hydrogen-bond acceptors (Lipinski definition) is 3. The Morgan fingerprint density at radius 3 is 2.24 bits per heavy atom. The van der Waals surface area contributed by atoms with Crippen molar-refractivity contribution < 1.29 is 10.2 Å². The van der Waals surface area contributed by atoms with Crippen LogP contribution in [0.1, 0.15) is 32.8 Å². The second-order valence-electron chi connectivity index (χ2n) is 5.06. The lowest BCUT2D eigenvalue weighted by molar-refractivity contribution is 0.0403. The standard InChI is InChI=1S/C14H23NO2/c1-4-13(2,17)10-15-14(3,11-16)12-8-6-5-7-9-12/h5-9,15-17H,4,10-11H2,1-3H3. The van der Waals surface area contributed by atoms with E-state index in [1.165, 1.54) is 0 Å². The first-order valence-electron chi connectivity index (χ1n) is 6.07. The Hall–Kier alpha value is -0.900. The molecule has 0 saturated carbocycles. The van der Waals surface area contributed by atoms with Gasteiger partial charge in [0.15, 0.2) is 0 Å². The fraction of sp³-hybridized carbons (Fsp3) is 0.571. The number of rotatable bonds is 6. The Morgan fingerprint density at radius 2 is 1.76 bits per heavy atom. The number of nitrogens with one attached hydrogen (secondary N) is 1. The Balaban J connectivity index is 2.77. The summed E-state index contributed by atoms with van der Waals surface area (Å²) in [5, 5.41) is 22.8. The van der Waals surface area contributed by atoms with E-state index in [-0.39, 0.29) is 6.61 Å². The first kappa shape index (κ1) is 14.2. The van der Waals surface area contributed by atoms with Crippen LogP contribution in [0.3, 0.4) is 0 Å². The Labute approximate surface area is 103 Å². The van der Waals surface area contributed by atoms with E-state index in [0.29, 0.717) is 13.0 Å². The van der Waals surface area contributed by atoms with E-state index >= 15 is 0 Å². The van der Waals surface area contributed by atoms with E-state index in [2.05, 4.69) is 5.32 Å². The lowest BCUT2D eigenvalue weighted by Crippen LogP contribution is -2.49. The highest BCUT2D eigenvalue weighted by atomic mass is 16.3. The van der Waals surface area contributed by atoms with Crippen LogP contribution in [0, 0.1) is 0 Å². The van der Waals surface area contributed by atoms with Crippen LogP contribution in [0.4, 0.5) is 0 Å². The van der Waals surface area contributed by atoms with E-state index in [9.17, 15) is 10.2 Å². The molecule has 0 amide bonds. The summed E-state index contributed by atoms with van der Waals surface area (Å²) >= 11 is 0. The normalized spacial score (nSPS) is 18.4. The van der Waals surface area contributed by atoms with E-state index < -0.39 is 11.1 Å². The van der Waals surface area contributed by atoms with Crippen molar-refractivity contribution in [3.63, 3.8) is 0 Å². The van der Waals surface area contributed by atoms with E-state index in [1.54, 1.807) is 6.92 Å². The molecule has 0 fully saturated rings. The maximum Gasteiger partial charge on any atom is 0.0741 e. The molecule has 1 aromatic rings. The molecule has 0 aliphatic carbocycles. The SMILES string of the molecule is CCC(C)(O)CNC(C)(CO)c1ccccc1. The average Bonchev–Trinajstić information content (AvgIpc) is 2.37. The van der Waals surface area contributed by atoms with Crippen molar-refractivity contribution in [3.8, 4) is 0 Å². The molecule has 0 radical (unpaired) electrons. The van der Waals surface area contributed by atoms with Crippen LogP contribution in [0.2, 0.25) is 0 Å². The van der Waals surface area contributed by atoms with Crippen LogP contribution in [-0.2, 0) is 5.54 Å². The Kier molecular flexibility index (Phi) is 4.69. The molecule has 3 heteroatoms. The van der Waals surface area contributed by atoms with Gasteiger partial charge in [-0.25, -0.2) is 0 Å². The third-order valence-electron chi connectivity index (χ3n) is 3.35. The predicted octanol–water partition coefficient (Wildman–Crippen LogP) is 1.64. The van der Waals surface area contributed by atoms with Gasteiger partial charge in [-0.15, -0.1) is 0 Å². The summed E-state index contributed by atoms with van der Waals surface area (Å²) in [5.41, 5.74) is -0.236. The molecule has 0 spiro atoms. The molecule has 2 unspecified atom stereocenters. The molecule has 1 aromatic carbocycles. The van der Waals surface area contributed by atoms with Crippen LogP contribution in [0.5, 0.6) is 0 Å². The van der Waals surface area contributed by atoms with Gasteiger partial charge in [-0.05, 0) is 25.8 Å². The molecule has 0 aliphatic rings. The van der Waals surface area contributed by atoms with E-state index in [4.69, 9.17) is 0 Å². The van der Waals surface area contributed by atoms with Crippen molar-refractivity contribution in [2.24, 2.45) is 0 Å². The Bertz CT molecular complexity index is 337. The van der Waals surface area contributed by atoms with Gasteiger partial charge in [0.05, 0.1) is 17.7 Å². The highest BCUT2D eigenvalue weighted by Crippen LogP contribution is 2.21. The molecular weight excluding hydrogens is 214 g/mol. The lowest BCUT2D eigenvalue weighted by Gasteiger charge is -2.33. The molecule has 3 N–H and O–H groups in total. The number of hydrogen-bond donors (Lipinski definition) is 3. The summed E-state index contributed by atoms with van der Waals surface area (Å²) in [6.07, 6.45) is 0.677. The molecule has 3 nitrogen and oxygen atoms in total. The third-order valence-corrected chi connectivity index (χ3v) is 3.35.